The summed E-state index contributed by atoms with van der Waals surface area (Å²) in [6.07, 6.45) is 3.48. The average Bonchev–Trinajstić information content (AvgIpc) is 2.85. The normalized spacial score (nSPS) is 51.6. The molecule has 4 rings (SSSR count). The first-order chi connectivity index (χ1) is 13.5. The largest absolute Gasteiger partial charge is 0.462 e. The third-order valence-electron chi connectivity index (χ3n) is 9.50. The highest BCUT2D eigenvalue weighted by atomic mass is 16.5. The minimum absolute atomic E-state index is 0.0160. The highest BCUT2D eigenvalue weighted by Gasteiger charge is 2.75. The zero-order chi connectivity index (χ0) is 21.4. The zero-order valence-corrected chi connectivity index (χ0v) is 17.9. The van der Waals surface area contributed by atoms with Gasteiger partial charge in [-0.2, -0.15) is 0 Å². The standard InChI is InChI=1S/C23H34O6/c1-12(24)17-10-19(27)23(28)16-6-5-14-9-15(26)7-8-21(14,3)18(16)11-20(22(17,23)4)29-13(2)25/h14-18,20,26,28H,5-11H2,1-4H3. The van der Waals surface area contributed by atoms with Crippen LogP contribution in [0, 0.1) is 34.5 Å². The van der Waals surface area contributed by atoms with Crippen LogP contribution in [0.1, 0.15) is 72.6 Å². The van der Waals surface area contributed by atoms with Crippen LogP contribution in [-0.2, 0) is 19.1 Å². The van der Waals surface area contributed by atoms with Gasteiger partial charge in [0, 0.05) is 19.3 Å². The van der Waals surface area contributed by atoms with E-state index in [2.05, 4.69) is 6.92 Å². The van der Waals surface area contributed by atoms with Crippen molar-refractivity contribution in [1.82, 2.24) is 0 Å². The van der Waals surface area contributed by atoms with Crippen LogP contribution in [0.2, 0.25) is 0 Å². The van der Waals surface area contributed by atoms with E-state index in [1.165, 1.54) is 13.8 Å². The molecule has 0 saturated heterocycles. The SMILES string of the molecule is CC(=O)OC1CC2C(CCC3CC(O)CCC32C)C2(O)C(=O)CC(C(C)=O)C12C. The number of Topliss-reactive ketones (excluding diaryl/α,β-unsaturated/α-hetero) is 2. The second kappa shape index (κ2) is 6.61. The van der Waals surface area contributed by atoms with Crippen molar-refractivity contribution in [3.8, 4) is 0 Å². The van der Waals surface area contributed by atoms with Crippen molar-refractivity contribution in [2.45, 2.75) is 90.4 Å². The van der Waals surface area contributed by atoms with E-state index in [0.717, 1.165) is 19.3 Å². The Balaban J connectivity index is 1.82. The molecule has 9 unspecified atom stereocenters. The number of fused-ring (bicyclic) bond motifs is 5. The number of aliphatic hydroxyl groups is 2. The summed E-state index contributed by atoms with van der Waals surface area (Å²) < 4.78 is 5.74. The number of rotatable bonds is 2. The van der Waals surface area contributed by atoms with Crippen molar-refractivity contribution in [2.75, 3.05) is 0 Å². The lowest BCUT2D eigenvalue weighted by Crippen LogP contribution is -2.69. The molecule has 0 aromatic heterocycles. The van der Waals surface area contributed by atoms with Gasteiger partial charge in [0.1, 0.15) is 17.5 Å². The fourth-order valence-corrected chi connectivity index (χ4v) is 7.92. The molecule has 0 spiro atoms. The molecule has 4 saturated carbocycles. The second-order valence-electron chi connectivity index (χ2n) is 10.6. The van der Waals surface area contributed by atoms with Gasteiger partial charge in [0.2, 0.25) is 0 Å². The van der Waals surface area contributed by atoms with Gasteiger partial charge >= 0.3 is 5.97 Å². The van der Waals surface area contributed by atoms with E-state index in [1.807, 2.05) is 0 Å². The predicted octanol–water partition coefficient (Wildman–Crippen LogP) is 2.43. The van der Waals surface area contributed by atoms with E-state index >= 15 is 0 Å². The minimum Gasteiger partial charge on any atom is -0.462 e. The van der Waals surface area contributed by atoms with E-state index in [1.54, 1.807) is 6.92 Å². The fraction of sp³-hybridized carbons (Fsp3) is 0.870. The summed E-state index contributed by atoms with van der Waals surface area (Å²) in [7, 11) is 0. The first-order valence-corrected chi connectivity index (χ1v) is 11.1. The maximum Gasteiger partial charge on any atom is 0.302 e. The van der Waals surface area contributed by atoms with Gasteiger partial charge in [0.05, 0.1) is 11.5 Å². The Bertz CT molecular complexity index is 748. The van der Waals surface area contributed by atoms with Gasteiger partial charge in [-0.3, -0.25) is 14.4 Å². The summed E-state index contributed by atoms with van der Waals surface area (Å²) in [5, 5.41) is 22.2. The van der Waals surface area contributed by atoms with Crippen molar-refractivity contribution in [3.63, 3.8) is 0 Å². The molecule has 0 aromatic carbocycles. The summed E-state index contributed by atoms with van der Waals surface area (Å²) in [5.41, 5.74) is -2.87. The summed E-state index contributed by atoms with van der Waals surface area (Å²) in [4.78, 5) is 37.7. The molecule has 0 radical (unpaired) electrons. The molecule has 4 aliphatic carbocycles. The van der Waals surface area contributed by atoms with Crippen LogP contribution in [0.15, 0.2) is 0 Å². The Morgan fingerprint density at radius 2 is 1.76 bits per heavy atom. The molecule has 0 heterocycles. The molecular weight excluding hydrogens is 372 g/mol. The smallest absolute Gasteiger partial charge is 0.302 e. The molecule has 0 aromatic rings. The molecule has 0 aliphatic heterocycles. The van der Waals surface area contributed by atoms with Crippen LogP contribution in [-0.4, -0.2) is 45.6 Å². The van der Waals surface area contributed by atoms with Gasteiger partial charge < -0.3 is 14.9 Å². The lowest BCUT2D eigenvalue weighted by atomic mass is 9.42. The van der Waals surface area contributed by atoms with E-state index in [4.69, 9.17) is 4.74 Å². The number of hydrogen-bond acceptors (Lipinski definition) is 6. The molecule has 4 aliphatic rings. The number of hydrogen-bond donors (Lipinski definition) is 2. The highest BCUT2D eigenvalue weighted by Crippen LogP contribution is 2.68. The topological polar surface area (TPSA) is 101 Å². The van der Waals surface area contributed by atoms with Gasteiger partial charge in [0.15, 0.2) is 5.78 Å². The van der Waals surface area contributed by atoms with E-state index in [9.17, 15) is 24.6 Å². The van der Waals surface area contributed by atoms with Gasteiger partial charge in [-0.25, -0.2) is 0 Å². The molecule has 162 valence electrons. The van der Waals surface area contributed by atoms with Gasteiger partial charge in [-0.1, -0.05) is 13.8 Å². The first kappa shape index (κ1) is 21.0. The average molecular weight is 407 g/mol. The Kier molecular flexibility index (Phi) is 4.78. The molecule has 0 bridgehead atoms. The van der Waals surface area contributed by atoms with E-state index < -0.39 is 29.0 Å². The summed E-state index contributed by atoms with van der Waals surface area (Å²) in [6, 6.07) is 0. The number of ether oxygens (including phenoxy) is 1. The number of aliphatic hydroxyl groups excluding tert-OH is 1. The Hall–Kier alpha value is -1.27. The first-order valence-electron chi connectivity index (χ1n) is 11.1. The van der Waals surface area contributed by atoms with Crippen molar-refractivity contribution >= 4 is 17.5 Å². The molecule has 9 atom stereocenters. The molecule has 2 N–H and O–H groups in total. The van der Waals surface area contributed by atoms with Gasteiger partial charge in [0.25, 0.3) is 0 Å². The van der Waals surface area contributed by atoms with Crippen molar-refractivity contribution in [3.05, 3.63) is 0 Å². The molecule has 29 heavy (non-hydrogen) atoms. The van der Waals surface area contributed by atoms with Crippen molar-refractivity contribution in [2.24, 2.45) is 34.5 Å². The number of carbonyl (C=O) groups excluding carboxylic acids is 3. The predicted molar refractivity (Wildman–Crippen MR) is 105 cm³/mol. The molecule has 0 amide bonds. The maximum atomic E-state index is 13.3. The summed E-state index contributed by atoms with van der Waals surface area (Å²) in [6.45, 7) is 6.81. The number of carbonyl (C=O) groups is 3. The molecular formula is C23H34O6. The molecule has 6 heteroatoms. The summed E-state index contributed by atoms with van der Waals surface area (Å²) >= 11 is 0. The van der Waals surface area contributed by atoms with E-state index in [0.29, 0.717) is 25.2 Å². The van der Waals surface area contributed by atoms with Gasteiger partial charge in [-0.05, 0) is 68.6 Å². The van der Waals surface area contributed by atoms with Crippen LogP contribution in [0.5, 0.6) is 0 Å². The van der Waals surface area contributed by atoms with Crippen LogP contribution in [0.25, 0.3) is 0 Å². The third-order valence-corrected chi connectivity index (χ3v) is 9.50. The van der Waals surface area contributed by atoms with Crippen molar-refractivity contribution in [1.29, 1.82) is 0 Å². The third kappa shape index (κ3) is 2.64. The van der Waals surface area contributed by atoms with Crippen LogP contribution in [0.4, 0.5) is 0 Å². The molecule has 4 fully saturated rings. The summed E-state index contributed by atoms with van der Waals surface area (Å²) in [5.74, 6) is -1.38. The number of ketones is 2. The second-order valence-corrected chi connectivity index (χ2v) is 10.6. The fourth-order valence-electron chi connectivity index (χ4n) is 7.92. The zero-order valence-electron chi connectivity index (χ0n) is 17.9. The number of esters is 1. The van der Waals surface area contributed by atoms with Crippen LogP contribution < -0.4 is 0 Å². The van der Waals surface area contributed by atoms with E-state index in [-0.39, 0.29) is 41.3 Å². The van der Waals surface area contributed by atoms with Crippen molar-refractivity contribution < 1.29 is 29.3 Å². The lowest BCUT2D eigenvalue weighted by Gasteiger charge is -2.64. The van der Waals surface area contributed by atoms with Crippen LogP contribution >= 0.6 is 0 Å². The Labute approximate surface area is 172 Å². The Morgan fingerprint density at radius 3 is 2.38 bits per heavy atom. The van der Waals surface area contributed by atoms with Gasteiger partial charge in [-0.15, -0.1) is 0 Å². The lowest BCUT2D eigenvalue weighted by molar-refractivity contribution is -0.245. The van der Waals surface area contributed by atoms with Crippen LogP contribution in [0.3, 0.4) is 0 Å². The maximum absolute atomic E-state index is 13.3. The molecule has 6 nitrogen and oxygen atoms in total. The highest BCUT2D eigenvalue weighted by molar-refractivity contribution is 5.98. The Morgan fingerprint density at radius 1 is 1.07 bits per heavy atom. The minimum atomic E-state index is -1.66. The quantitative estimate of drug-likeness (QED) is 0.683. The monoisotopic (exact) mass is 406 g/mol.